The molecule has 0 aliphatic rings. The van der Waals surface area contributed by atoms with Crippen molar-refractivity contribution in [2.75, 3.05) is 14.1 Å². The fourth-order valence-electron chi connectivity index (χ4n) is 2.03. The standard InChI is InChI=1S/C16H15N5O/c1-20(2)16(22)15-7-3-6-14(19-15)12-9-18-21(11-12)13-5-4-8-17-10-13/h3-11H,1-2H3. The smallest absolute Gasteiger partial charge is 0.271 e. The van der Waals surface area contributed by atoms with Crippen molar-refractivity contribution in [1.82, 2.24) is 24.6 Å². The number of pyridine rings is 2. The van der Waals surface area contributed by atoms with E-state index in [0.29, 0.717) is 11.4 Å². The average Bonchev–Trinajstić information content (AvgIpc) is 3.05. The van der Waals surface area contributed by atoms with E-state index in [-0.39, 0.29) is 5.91 Å². The van der Waals surface area contributed by atoms with Crippen LogP contribution in [0.2, 0.25) is 0 Å². The van der Waals surface area contributed by atoms with Crippen LogP contribution in [0.15, 0.2) is 55.1 Å². The Hall–Kier alpha value is -3.02. The highest BCUT2D eigenvalue weighted by Gasteiger charge is 2.11. The topological polar surface area (TPSA) is 63.9 Å². The van der Waals surface area contributed by atoms with Crippen molar-refractivity contribution in [1.29, 1.82) is 0 Å². The van der Waals surface area contributed by atoms with E-state index in [1.165, 1.54) is 4.90 Å². The highest BCUT2D eigenvalue weighted by Crippen LogP contribution is 2.18. The van der Waals surface area contributed by atoms with Crippen molar-refractivity contribution in [2.45, 2.75) is 0 Å². The highest BCUT2D eigenvalue weighted by atomic mass is 16.2. The van der Waals surface area contributed by atoms with Crippen LogP contribution in [-0.2, 0) is 0 Å². The lowest BCUT2D eigenvalue weighted by Gasteiger charge is -2.09. The van der Waals surface area contributed by atoms with Gasteiger partial charge in [-0.2, -0.15) is 5.10 Å². The van der Waals surface area contributed by atoms with Crippen LogP contribution in [0.1, 0.15) is 10.5 Å². The van der Waals surface area contributed by atoms with Crippen molar-refractivity contribution in [3.05, 3.63) is 60.8 Å². The Morgan fingerprint density at radius 2 is 2.00 bits per heavy atom. The summed E-state index contributed by atoms with van der Waals surface area (Å²) >= 11 is 0. The molecule has 0 unspecified atom stereocenters. The number of carbonyl (C=O) groups is 1. The molecule has 0 saturated heterocycles. The minimum Gasteiger partial charge on any atom is -0.343 e. The molecule has 0 aliphatic carbocycles. The molecular formula is C16H15N5O. The van der Waals surface area contributed by atoms with Gasteiger partial charge < -0.3 is 4.90 Å². The number of hydrogen-bond acceptors (Lipinski definition) is 4. The largest absolute Gasteiger partial charge is 0.343 e. The molecule has 0 spiro atoms. The van der Waals surface area contributed by atoms with Crippen LogP contribution < -0.4 is 0 Å². The third-order valence-corrected chi connectivity index (χ3v) is 3.16. The summed E-state index contributed by atoms with van der Waals surface area (Å²) in [5, 5.41) is 4.31. The van der Waals surface area contributed by atoms with Gasteiger partial charge in [-0.25, -0.2) is 9.67 Å². The molecule has 0 fully saturated rings. The second-order valence-electron chi connectivity index (χ2n) is 4.99. The molecule has 1 amide bonds. The molecule has 22 heavy (non-hydrogen) atoms. The second kappa shape index (κ2) is 5.77. The molecule has 0 radical (unpaired) electrons. The Labute approximate surface area is 128 Å². The van der Waals surface area contributed by atoms with Crippen molar-refractivity contribution in [2.24, 2.45) is 0 Å². The van der Waals surface area contributed by atoms with Gasteiger partial charge in [0, 0.05) is 32.1 Å². The number of carbonyl (C=O) groups excluding carboxylic acids is 1. The number of rotatable bonds is 3. The van der Waals surface area contributed by atoms with E-state index in [4.69, 9.17) is 0 Å². The summed E-state index contributed by atoms with van der Waals surface area (Å²) in [5.74, 6) is -0.124. The summed E-state index contributed by atoms with van der Waals surface area (Å²) in [4.78, 5) is 22.0. The van der Waals surface area contributed by atoms with E-state index < -0.39 is 0 Å². The van der Waals surface area contributed by atoms with Crippen molar-refractivity contribution < 1.29 is 4.79 Å². The van der Waals surface area contributed by atoms with Crippen molar-refractivity contribution in [3.8, 4) is 16.9 Å². The predicted octanol–water partition coefficient (Wildman–Crippen LogP) is 2.03. The molecule has 3 aromatic rings. The van der Waals surface area contributed by atoms with E-state index in [1.807, 2.05) is 30.5 Å². The molecule has 0 bridgehead atoms. The van der Waals surface area contributed by atoms with E-state index in [2.05, 4.69) is 15.1 Å². The molecule has 6 nitrogen and oxygen atoms in total. The minimum atomic E-state index is -0.124. The molecule has 3 aromatic heterocycles. The molecule has 0 aromatic carbocycles. The predicted molar refractivity (Wildman–Crippen MR) is 82.6 cm³/mol. The van der Waals surface area contributed by atoms with E-state index in [1.54, 1.807) is 43.4 Å². The molecular weight excluding hydrogens is 278 g/mol. The summed E-state index contributed by atoms with van der Waals surface area (Å²) in [6.45, 7) is 0. The molecule has 6 heteroatoms. The van der Waals surface area contributed by atoms with Gasteiger partial charge in [-0.05, 0) is 24.3 Å². The Kier molecular flexibility index (Phi) is 3.65. The second-order valence-corrected chi connectivity index (χ2v) is 4.99. The number of aromatic nitrogens is 4. The first kappa shape index (κ1) is 13.9. The third-order valence-electron chi connectivity index (χ3n) is 3.16. The van der Waals surface area contributed by atoms with Crippen LogP contribution in [0.5, 0.6) is 0 Å². The van der Waals surface area contributed by atoms with Gasteiger partial charge in [-0.3, -0.25) is 9.78 Å². The van der Waals surface area contributed by atoms with Gasteiger partial charge in [-0.15, -0.1) is 0 Å². The fourth-order valence-corrected chi connectivity index (χ4v) is 2.03. The van der Waals surface area contributed by atoms with Crippen LogP contribution in [0.3, 0.4) is 0 Å². The average molecular weight is 293 g/mol. The molecule has 3 rings (SSSR count). The molecule has 0 saturated carbocycles. The van der Waals surface area contributed by atoms with Gasteiger partial charge in [-0.1, -0.05) is 6.07 Å². The van der Waals surface area contributed by atoms with Gasteiger partial charge >= 0.3 is 0 Å². The van der Waals surface area contributed by atoms with E-state index >= 15 is 0 Å². The fraction of sp³-hybridized carbons (Fsp3) is 0.125. The van der Waals surface area contributed by atoms with Gasteiger partial charge in [0.25, 0.3) is 5.91 Å². The Morgan fingerprint density at radius 3 is 2.73 bits per heavy atom. The van der Waals surface area contributed by atoms with E-state index in [9.17, 15) is 4.79 Å². The summed E-state index contributed by atoms with van der Waals surface area (Å²) in [6.07, 6.45) is 7.03. The van der Waals surface area contributed by atoms with Gasteiger partial charge in [0.05, 0.1) is 23.8 Å². The summed E-state index contributed by atoms with van der Waals surface area (Å²) in [6, 6.07) is 9.16. The molecule has 0 atom stereocenters. The zero-order chi connectivity index (χ0) is 15.5. The summed E-state index contributed by atoms with van der Waals surface area (Å²) in [5.41, 5.74) is 2.84. The Balaban J connectivity index is 1.94. The lowest BCUT2D eigenvalue weighted by molar-refractivity contribution is 0.0822. The number of hydrogen-bond donors (Lipinski definition) is 0. The normalized spacial score (nSPS) is 10.5. The number of amides is 1. The lowest BCUT2D eigenvalue weighted by atomic mass is 10.2. The van der Waals surface area contributed by atoms with Crippen LogP contribution in [0.25, 0.3) is 16.9 Å². The molecule has 110 valence electrons. The van der Waals surface area contributed by atoms with Crippen molar-refractivity contribution in [3.63, 3.8) is 0 Å². The van der Waals surface area contributed by atoms with E-state index in [0.717, 1.165) is 11.3 Å². The third kappa shape index (κ3) is 2.71. The minimum absolute atomic E-state index is 0.124. The van der Waals surface area contributed by atoms with Gasteiger partial charge in [0.2, 0.25) is 0 Å². The Morgan fingerprint density at radius 1 is 1.14 bits per heavy atom. The maximum atomic E-state index is 12.0. The van der Waals surface area contributed by atoms with Crippen molar-refractivity contribution >= 4 is 5.91 Å². The SMILES string of the molecule is CN(C)C(=O)c1cccc(-c2cnn(-c3cccnc3)c2)n1. The molecule has 0 N–H and O–H groups in total. The zero-order valence-corrected chi connectivity index (χ0v) is 12.3. The molecule has 3 heterocycles. The maximum Gasteiger partial charge on any atom is 0.271 e. The first-order chi connectivity index (χ1) is 10.6. The first-order valence-electron chi connectivity index (χ1n) is 6.79. The highest BCUT2D eigenvalue weighted by molar-refractivity contribution is 5.92. The van der Waals surface area contributed by atoms with Crippen LogP contribution in [-0.4, -0.2) is 44.7 Å². The van der Waals surface area contributed by atoms with Gasteiger partial charge in [0.15, 0.2) is 0 Å². The first-order valence-corrected chi connectivity index (χ1v) is 6.79. The zero-order valence-electron chi connectivity index (χ0n) is 12.3. The van der Waals surface area contributed by atoms with Crippen LogP contribution >= 0.6 is 0 Å². The quantitative estimate of drug-likeness (QED) is 0.741. The summed E-state index contributed by atoms with van der Waals surface area (Å²) in [7, 11) is 3.41. The number of nitrogens with zero attached hydrogens (tertiary/aromatic N) is 5. The Bertz CT molecular complexity index is 795. The maximum absolute atomic E-state index is 12.0. The van der Waals surface area contributed by atoms with Gasteiger partial charge in [0.1, 0.15) is 5.69 Å². The summed E-state index contributed by atoms with van der Waals surface area (Å²) < 4.78 is 1.73. The van der Waals surface area contributed by atoms with Crippen LogP contribution in [0, 0.1) is 0 Å². The van der Waals surface area contributed by atoms with Crippen LogP contribution in [0.4, 0.5) is 0 Å². The monoisotopic (exact) mass is 293 g/mol. The molecule has 0 aliphatic heterocycles. The lowest BCUT2D eigenvalue weighted by Crippen LogP contribution is -2.22.